The molecular weight excluding hydrogens is 240 g/mol. The minimum absolute atomic E-state index is 0.312. The van der Waals surface area contributed by atoms with E-state index in [1.54, 1.807) is 16.9 Å². The second-order valence-electron chi connectivity index (χ2n) is 6.03. The van der Waals surface area contributed by atoms with E-state index >= 15 is 0 Å². The summed E-state index contributed by atoms with van der Waals surface area (Å²) in [5.41, 5.74) is 9.22. The van der Waals surface area contributed by atoms with Gasteiger partial charge < -0.3 is 5.73 Å². The molecule has 0 bridgehead atoms. The van der Waals surface area contributed by atoms with Gasteiger partial charge in [-0.3, -0.25) is 4.90 Å². The van der Waals surface area contributed by atoms with E-state index in [0.29, 0.717) is 18.0 Å². The first-order chi connectivity index (χ1) is 8.52. The van der Waals surface area contributed by atoms with Crippen molar-refractivity contribution in [1.29, 1.82) is 0 Å². The van der Waals surface area contributed by atoms with Crippen LogP contribution in [0.15, 0.2) is 28.5 Å². The lowest BCUT2D eigenvalue weighted by Crippen LogP contribution is -2.37. The zero-order valence-corrected chi connectivity index (χ0v) is 12.5. The average Bonchev–Trinajstić information content (AvgIpc) is 2.83. The fourth-order valence-electron chi connectivity index (χ4n) is 2.61. The van der Waals surface area contributed by atoms with Gasteiger partial charge in [-0.2, -0.15) is 11.3 Å². The highest BCUT2D eigenvalue weighted by molar-refractivity contribution is 7.07. The summed E-state index contributed by atoms with van der Waals surface area (Å²) in [6.45, 7) is 9.76. The smallest absolute Gasteiger partial charge is 0.0482 e. The van der Waals surface area contributed by atoms with Gasteiger partial charge in [0.15, 0.2) is 0 Å². The van der Waals surface area contributed by atoms with E-state index in [9.17, 15) is 0 Å². The third-order valence-corrected chi connectivity index (χ3v) is 4.50. The highest BCUT2D eigenvalue weighted by Crippen LogP contribution is 2.32. The molecule has 0 radical (unpaired) electrons. The van der Waals surface area contributed by atoms with E-state index in [4.69, 9.17) is 5.73 Å². The lowest BCUT2D eigenvalue weighted by atomic mass is 9.82. The maximum Gasteiger partial charge on any atom is 0.0482 e. The van der Waals surface area contributed by atoms with E-state index in [0.717, 1.165) is 13.1 Å². The van der Waals surface area contributed by atoms with Crippen LogP contribution >= 0.6 is 11.3 Å². The lowest BCUT2D eigenvalue weighted by Gasteiger charge is -2.36. The summed E-state index contributed by atoms with van der Waals surface area (Å²) in [5.74, 6) is 0. The molecule has 2 rings (SSSR count). The van der Waals surface area contributed by atoms with Crippen LogP contribution in [0.5, 0.6) is 0 Å². The summed E-state index contributed by atoms with van der Waals surface area (Å²) in [6.07, 6.45) is 3.57. The van der Waals surface area contributed by atoms with Gasteiger partial charge in [0.05, 0.1) is 0 Å². The van der Waals surface area contributed by atoms with E-state index < -0.39 is 0 Å². The van der Waals surface area contributed by atoms with Gasteiger partial charge in [-0.05, 0) is 34.2 Å². The average molecular weight is 264 g/mol. The fourth-order valence-corrected chi connectivity index (χ4v) is 3.32. The predicted molar refractivity (Wildman–Crippen MR) is 79.8 cm³/mol. The molecule has 3 heteroatoms. The largest absolute Gasteiger partial charge is 0.329 e. The van der Waals surface area contributed by atoms with Crippen LogP contribution in [-0.2, 0) is 0 Å². The molecule has 0 amide bonds. The molecule has 0 fully saturated rings. The summed E-state index contributed by atoms with van der Waals surface area (Å²) in [6, 6.07) is 2.58. The molecule has 18 heavy (non-hydrogen) atoms. The van der Waals surface area contributed by atoms with E-state index in [-0.39, 0.29) is 0 Å². The molecule has 2 N–H and O–H groups in total. The lowest BCUT2D eigenvalue weighted by molar-refractivity contribution is 0.209. The normalized spacial score (nSPS) is 19.7. The summed E-state index contributed by atoms with van der Waals surface area (Å²) in [5, 5.41) is 4.36. The highest BCUT2D eigenvalue weighted by Gasteiger charge is 2.25. The van der Waals surface area contributed by atoms with Crippen molar-refractivity contribution in [3.8, 4) is 0 Å². The van der Waals surface area contributed by atoms with E-state index in [2.05, 4.69) is 48.6 Å². The number of nitrogens with zero attached hydrogens (tertiary/aromatic N) is 1. The molecule has 0 saturated heterocycles. The minimum atomic E-state index is 0.312. The van der Waals surface area contributed by atoms with Gasteiger partial charge in [0.25, 0.3) is 0 Å². The van der Waals surface area contributed by atoms with Crippen LogP contribution in [-0.4, -0.2) is 24.5 Å². The SMILES string of the molecule is CC(C)(C)C1=CCN(C(CN)c2ccsc2)CC1. The molecule has 1 aliphatic rings. The van der Waals surface area contributed by atoms with Crippen LogP contribution < -0.4 is 5.73 Å². The van der Waals surface area contributed by atoms with Crippen LogP contribution in [0.1, 0.15) is 38.8 Å². The first-order valence-corrected chi connectivity index (χ1v) is 7.62. The van der Waals surface area contributed by atoms with Crippen LogP contribution in [0.2, 0.25) is 0 Å². The minimum Gasteiger partial charge on any atom is -0.329 e. The maximum absolute atomic E-state index is 5.96. The van der Waals surface area contributed by atoms with Crippen molar-refractivity contribution in [3.05, 3.63) is 34.0 Å². The van der Waals surface area contributed by atoms with Crippen molar-refractivity contribution in [2.24, 2.45) is 11.1 Å². The molecule has 2 heterocycles. The molecule has 100 valence electrons. The summed E-state index contributed by atoms with van der Waals surface area (Å²) in [7, 11) is 0. The molecule has 1 unspecified atom stereocenters. The third kappa shape index (κ3) is 3.02. The number of nitrogens with two attached hydrogens (primary N) is 1. The van der Waals surface area contributed by atoms with Gasteiger partial charge in [-0.15, -0.1) is 0 Å². The third-order valence-electron chi connectivity index (χ3n) is 3.80. The first-order valence-electron chi connectivity index (χ1n) is 6.68. The Labute approximate surface area is 114 Å². The predicted octanol–water partition coefficient (Wildman–Crippen LogP) is 3.43. The molecule has 1 atom stereocenters. The monoisotopic (exact) mass is 264 g/mol. The quantitative estimate of drug-likeness (QED) is 0.848. The van der Waals surface area contributed by atoms with Crippen molar-refractivity contribution in [2.75, 3.05) is 19.6 Å². The molecule has 0 saturated carbocycles. The standard InChI is InChI=1S/C15H24N2S/c1-15(2,3)13-4-7-17(8-5-13)14(10-16)12-6-9-18-11-12/h4,6,9,11,14H,5,7-8,10,16H2,1-3H3. The van der Waals surface area contributed by atoms with Crippen molar-refractivity contribution < 1.29 is 0 Å². The molecule has 1 aromatic heterocycles. The molecule has 0 aliphatic carbocycles. The zero-order chi connectivity index (χ0) is 13.2. The maximum atomic E-state index is 5.96. The van der Waals surface area contributed by atoms with Gasteiger partial charge in [0.1, 0.15) is 0 Å². The zero-order valence-electron chi connectivity index (χ0n) is 11.6. The first kappa shape index (κ1) is 13.8. The molecule has 1 aliphatic heterocycles. The van der Waals surface area contributed by atoms with Gasteiger partial charge >= 0.3 is 0 Å². The van der Waals surface area contributed by atoms with Crippen molar-refractivity contribution >= 4 is 11.3 Å². The Morgan fingerprint density at radius 3 is 2.67 bits per heavy atom. The summed E-state index contributed by atoms with van der Waals surface area (Å²) < 4.78 is 0. The van der Waals surface area contributed by atoms with Gasteiger partial charge in [0.2, 0.25) is 0 Å². The number of rotatable bonds is 3. The van der Waals surface area contributed by atoms with Gasteiger partial charge in [0, 0.05) is 25.7 Å². The second kappa shape index (κ2) is 5.55. The highest BCUT2D eigenvalue weighted by atomic mass is 32.1. The van der Waals surface area contributed by atoms with Crippen LogP contribution in [0.4, 0.5) is 0 Å². The molecule has 0 spiro atoms. The van der Waals surface area contributed by atoms with Gasteiger partial charge in [-0.1, -0.05) is 32.4 Å². The van der Waals surface area contributed by atoms with Crippen molar-refractivity contribution in [3.63, 3.8) is 0 Å². The molecular formula is C15H24N2S. The van der Waals surface area contributed by atoms with Crippen molar-refractivity contribution in [2.45, 2.75) is 33.2 Å². The van der Waals surface area contributed by atoms with E-state index in [1.807, 2.05) is 0 Å². The Morgan fingerprint density at radius 2 is 2.22 bits per heavy atom. The second-order valence-corrected chi connectivity index (χ2v) is 6.81. The fraction of sp³-hybridized carbons (Fsp3) is 0.600. The van der Waals surface area contributed by atoms with Crippen LogP contribution in [0.25, 0.3) is 0 Å². The topological polar surface area (TPSA) is 29.3 Å². The Hall–Kier alpha value is -0.640. The number of hydrogen-bond donors (Lipinski definition) is 1. The Morgan fingerprint density at radius 1 is 1.44 bits per heavy atom. The number of thiophene rings is 1. The van der Waals surface area contributed by atoms with Gasteiger partial charge in [-0.25, -0.2) is 0 Å². The molecule has 2 nitrogen and oxygen atoms in total. The number of hydrogen-bond acceptors (Lipinski definition) is 3. The van der Waals surface area contributed by atoms with Crippen LogP contribution in [0, 0.1) is 5.41 Å². The summed E-state index contributed by atoms with van der Waals surface area (Å²) >= 11 is 1.75. The molecule has 1 aromatic rings. The van der Waals surface area contributed by atoms with E-state index in [1.165, 1.54) is 12.0 Å². The molecule has 0 aromatic carbocycles. The Balaban J connectivity index is 2.07. The Kier molecular flexibility index (Phi) is 4.25. The Bertz CT molecular complexity index is 401. The van der Waals surface area contributed by atoms with Crippen LogP contribution in [0.3, 0.4) is 0 Å². The summed E-state index contributed by atoms with van der Waals surface area (Å²) in [4.78, 5) is 2.50. The van der Waals surface area contributed by atoms with Crippen molar-refractivity contribution in [1.82, 2.24) is 4.90 Å².